The van der Waals surface area contributed by atoms with E-state index in [0.29, 0.717) is 22.3 Å². The van der Waals surface area contributed by atoms with Crippen LogP contribution in [0.1, 0.15) is 44.0 Å². The number of carbonyl (C=O) groups excluding carboxylic acids is 1. The van der Waals surface area contributed by atoms with Crippen molar-refractivity contribution in [2.45, 2.75) is 38.5 Å². The zero-order valence-corrected chi connectivity index (χ0v) is 14.8. The van der Waals surface area contributed by atoms with Crippen LogP contribution in [0.4, 0.5) is 5.69 Å². The zero-order chi connectivity index (χ0) is 17.0. The summed E-state index contributed by atoms with van der Waals surface area (Å²) >= 11 is 1.49. The standard InChI is InChI=1S/C17H24N2O3S/c1-12(2)7-9-23-16-5-4-14(10-15(16)19(21)22)17(20)18-8-6-13(3)11-18/h4-5,10,12-13H,6-9,11H2,1-3H3. The average molecular weight is 336 g/mol. The fraction of sp³-hybridized carbons (Fsp3) is 0.588. The molecule has 1 fully saturated rings. The Morgan fingerprint density at radius 2 is 2.22 bits per heavy atom. The number of likely N-dealkylation sites (tertiary alicyclic amines) is 1. The van der Waals surface area contributed by atoms with Gasteiger partial charge in [-0.1, -0.05) is 20.8 Å². The highest BCUT2D eigenvalue weighted by Crippen LogP contribution is 2.32. The minimum absolute atomic E-state index is 0.0388. The number of hydrogen-bond donors (Lipinski definition) is 0. The number of benzene rings is 1. The third-order valence-corrected chi connectivity index (χ3v) is 5.16. The van der Waals surface area contributed by atoms with E-state index in [2.05, 4.69) is 20.8 Å². The SMILES string of the molecule is CC(C)CCSc1ccc(C(=O)N2CCC(C)C2)cc1[N+](=O)[O-]. The van der Waals surface area contributed by atoms with E-state index in [1.54, 1.807) is 17.0 Å². The third kappa shape index (κ3) is 4.70. The van der Waals surface area contributed by atoms with Gasteiger partial charge in [0.15, 0.2) is 0 Å². The van der Waals surface area contributed by atoms with E-state index in [0.717, 1.165) is 31.7 Å². The molecule has 1 heterocycles. The third-order valence-electron chi connectivity index (χ3n) is 4.07. The Bertz CT molecular complexity index is 589. The summed E-state index contributed by atoms with van der Waals surface area (Å²) in [7, 11) is 0. The molecule has 1 aromatic rings. The first kappa shape index (κ1) is 17.8. The number of carbonyl (C=O) groups is 1. The van der Waals surface area contributed by atoms with E-state index in [9.17, 15) is 14.9 Å². The highest BCUT2D eigenvalue weighted by Gasteiger charge is 2.26. The van der Waals surface area contributed by atoms with E-state index in [1.807, 2.05) is 0 Å². The fourth-order valence-electron chi connectivity index (χ4n) is 2.62. The fourth-order valence-corrected chi connectivity index (χ4v) is 3.88. The van der Waals surface area contributed by atoms with Crippen LogP contribution in [0.5, 0.6) is 0 Å². The maximum atomic E-state index is 12.5. The van der Waals surface area contributed by atoms with Crippen LogP contribution in [0.2, 0.25) is 0 Å². The van der Waals surface area contributed by atoms with Gasteiger partial charge in [0, 0.05) is 24.7 Å². The molecule has 0 N–H and O–H groups in total. The lowest BCUT2D eigenvalue weighted by molar-refractivity contribution is -0.387. The lowest BCUT2D eigenvalue weighted by atomic mass is 10.1. The van der Waals surface area contributed by atoms with Gasteiger partial charge in [0.25, 0.3) is 11.6 Å². The molecule has 1 aliphatic rings. The van der Waals surface area contributed by atoms with Gasteiger partial charge in [-0.2, -0.15) is 0 Å². The summed E-state index contributed by atoms with van der Waals surface area (Å²) < 4.78 is 0. The van der Waals surface area contributed by atoms with Crippen LogP contribution < -0.4 is 0 Å². The van der Waals surface area contributed by atoms with Crippen molar-refractivity contribution in [1.82, 2.24) is 4.90 Å². The van der Waals surface area contributed by atoms with Crippen molar-refractivity contribution in [3.8, 4) is 0 Å². The molecular formula is C17H24N2O3S. The minimum atomic E-state index is -0.388. The predicted molar refractivity (Wildman–Crippen MR) is 93.0 cm³/mol. The molecule has 0 aromatic heterocycles. The van der Waals surface area contributed by atoms with Crippen LogP contribution in [-0.4, -0.2) is 34.6 Å². The Kier molecular flexibility index (Phi) is 6.04. The van der Waals surface area contributed by atoms with Crippen LogP contribution in [0.15, 0.2) is 23.1 Å². The molecule has 2 rings (SSSR count). The molecule has 0 aliphatic carbocycles. The summed E-state index contributed by atoms with van der Waals surface area (Å²) in [5, 5.41) is 11.3. The Hall–Kier alpha value is -1.56. The molecule has 1 saturated heterocycles. The quantitative estimate of drug-likeness (QED) is 0.443. The van der Waals surface area contributed by atoms with Gasteiger partial charge in [0.05, 0.1) is 9.82 Å². The molecule has 1 atom stereocenters. The van der Waals surface area contributed by atoms with Crippen molar-refractivity contribution in [2.24, 2.45) is 11.8 Å². The van der Waals surface area contributed by atoms with Crippen molar-refractivity contribution in [3.63, 3.8) is 0 Å². The molecule has 5 nitrogen and oxygen atoms in total. The van der Waals surface area contributed by atoms with Crippen LogP contribution in [0, 0.1) is 22.0 Å². The van der Waals surface area contributed by atoms with Gasteiger partial charge in [0.1, 0.15) is 0 Å². The highest BCUT2D eigenvalue weighted by molar-refractivity contribution is 7.99. The van der Waals surface area contributed by atoms with Crippen molar-refractivity contribution in [1.29, 1.82) is 0 Å². The highest BCUT2D eigenvalue weighted by atomic mass is 32.2. The van der Waals surface area contributed by atoms with E-state index < -0.39 is 0 Å². The normalized spacial score (nSPS) is 17.7. The maximum absolute atomic E-state index is 12.5. The molecule has 6 heteroatoms. The van der Waals surface area contributed by atoms with Crippen LogP contribution >= 0.6 is 11.8 Å². The summed E-state index contributed by atoms with van der Waals surface area (Å²) in [6.07, 6.45) is 2.01. The molecule has 23 heavy (non-hydrogen) atoms. The van der Waals surface area contributed by atoms with Gasteiger partial charge in [-0.15, -0.1) is 11.8 Å². The lowest BCUT2D eigenvalue weighted by Gasteiger charge is -2.16. The largest absolute Gasteiger partial charge is 0.338 e. The molecule has 1 unspecified atom stereocenters. The summed E-state index contributed by atoms with van der Waals surface area (Å²) in [4.78, 5) is 25.9. The number of thioether (sulfide) groups is 1. The summed E-state index contributed by atoms with van der Waals surface area (Å²) in [5.74, 6) is 1.81. The summed E-state index contributed by atoms with van der Waals surface area (Å²) in [5.41, 5.74) is 0.455. The summed E-state index contributed by atoms with van der Waals surface area (Å²) in [6, 6.07) is 4.87. The molecule has 0 radical (unpaired) electrons. The average Bonchev–Trinajstić information content (AvgIpc) is 2.92. The van der Waals surface area contributed by atoms with Gasteiger partial charge >= 0.3 is 0 Å². The van der Waals surface area contributed by atoms with E-state index in [-0.39, 0.29) is 16.5 Å². The first-order chi connectivity index (χ1) is 10.9. The molecule has 1 aliphatic heterocycles. The number of hydrogen-bond acceptors (Lipinski definition) is 4. The Labute approximate surface area is 141 Å². The molecule has 126 valence electrons. The van der Waals surface area contributed by atoms with E-state index in [4.69, 9.17) is 0 Å². The van der Waals surface area contributed by atoms with Crippen LogP contribution in [-0.2, 0) is 0 Å². The second kappa shape index (κ2) is 7.81. The van der Waals surface area contributed by atoms with Gasteiger partial charge in [-0.3, -0.25) is 14.9 Å². The van der Waals surface area contributed by atoms with E-state index in [1.165, 1.54) is 17.8 Å². The Balaban J connectivity index is 2.15. The van der Waals surface area contributed by atoms with Crippen molar-refractivity contribution in [2.75, 3.05) is 18.8 Å². The molecule has 0 bridgehead atoms. The number of amides is 1. The first-order valence-corrected chi connectivity index (χ1v) is 9.07. The smallest absolute Gasteiger partial charge is 0.283 e. The number of nitrogens with zero attached hydrogens (tertiary/aromatic N) is 2. The first-order valence-electron chi connectivity index (χ1n) is 8.09. The van der Waals surface area contributed by atoms with Gasteiger partial charge in [-0.05, 0) is 42.6 Å². The molecule has 1 amide bonds. The molecule has 0 spiro atoms. The number of rotatable bonds is 6. The molecule has 0 saturated carbocycles. The monoisotopic (exact) mass is 336 g/mol. The molecule has 1 aromatic carbocycles. The van der Waals surface area contributed by atoms with Crippen molar-refractivity contribution in [3.05, 3.63) is 33.9 Å². The Morgan fingerprint density at radius 3 is 2.78 bits per heavy atom. The molecular weight excluding hydrogens is 312 g/mol. The van der Waals surface area contributed by atoms with Gasteiger partial charge in [0.2, 0.25) is 0 Å². The second-order valence-corrected chi connectivity index (χ2v) is 7.75. The summed E-state index contributed by atoms with van der Waals surface area (Å²) in [6.45, 7) is 7.85. The lowest BCUT2D eigenvalue weighted by Crippen LogP contribution is -2.28. The zero-order valence-electron chi connectivity index (χ0n) is 13.9. The van der Waals surface area contributed by atoms with Crippen molar-refractivity contribution < 1.29 is 9.72 Å². The number of nitro groups is 1. The van der Waals surface area contributed by atoms with Crippen LogP contribution in [0.3, 0.4) is 0 Å². The predicted octanol–water partition coefficient (Wildman–Crippen LogP) is 4.22. The van der Waals surface area contributed by atoms with Gasteiger partial charge < -0.3 is 4.90 Å². The topological polar surface area (TPSA) is 63.5 Å². The van der Waals surface area contributed by atoms with Crippen molar-refractivity contribution >= 4 is 23.4 Å². The van der Waals surface area contributed by atoms with E-state index >= 15 is 0 Å². The van der Waals surface area contributed by atoms with Gasteiger partial charge in [-0.25, -0.2) is 0 Å². The van der Waals surface area contributed by atoms with Crippen LogP contribution in [0.25, 0.3) is 0 Å². The Morgan fingerprint density at radius 1 is 1.48 bits per heavy atom. The second-order valence-electron chi connectivity index (χ2n) is 6.62. The number of nitro benzene ring substituents is 1. The minimum Gasteiger partial charge on any atom is -0.338 e. The maximum Gasteiger partial charge on any atom is 0.283 e.